The SMILES string of the molecule is CCOC(CCN(C)C)CNC(=NC)NCC(C)Oc1ccc(F)cc1. The third kappa shape index (κ3) is 9.58. The van der Waals surface area contributed by atoms with Crippen molar-refractivity contribution in [1.29, 1.82) is 0 Å². The van der Waals surface area contributed by atoms with Crippen LogP contribution in [0.1, 0.15) is 20.3 Å². The lowest BCUT2D eigenvalue weighted by Crippen LogP contribution is -2.45. The number of rotatable bonds is 11. The van der Waals surface area contributed by atoms with Gasteiger partial charge in [0.15, 0.2) is 5.96 Å². The molecule has 0 aliphatic heterocycles. The molecule has 2 unspecified atom stereocenters. The summed E-state index contributed by atoms with van der Waals surface area (Å²) in [7, 11) is 5.84. The number of hydrogen-bond acceptors (Lipinski definition) is 4. The van der Waals surface area contributed by atoms with E-state index in [1.54, 1.807) is 19.2 Å². The van der Waals surface area contributed by atoms with Crippen molar-refractivity contribution in [2.24, 2.45) is 4.99 Å². The summed E-state index contributed by atoms with van der Waals surface area (Å²) in [5.41, 5.74) is 0. The van der Waals surface area contributed by atoms with Gasteiger partial charge in [-0.3, -0.25) is 4.99 Å². The van der Waals surface area contributed by atoms with E-state index < -0.39 is 0 Å². The molecule has 0 fully saturated rings. The Kier molecular flexibility index (Phi) is 10.7. The molecule has 1 aromatic carbocycles. The van der Waals surface area contributed by atoms with E-state index in [2.05, 4.69) is 34.6 Å². The number of nitrogens with one attached hydrogen (secondary N) is 2. The zero-order valence-electron chi connectivity index (χ0n) is 16.6. The topological polar surface area (TPSA) is 58.1 Å². The Balaban J connectivity index is 2.37. The summed E-state index contributed by atoms with van der Waals surface area (Å²) in [6.45, 7) is 6.88. The van der Waals surface area contributed by atoms with Gasteiger partial charge in [0, 0.05) is 26.7 Å². The van der Waals surface area contributed by atoms with Crippen molar-refractivity contribution >= 4 is 5.96 Å². The first-order chi connectivity index (χ1) is 12.4. The first-order valence-corrected chi connectivity index (χ1v) is 9.07. The molecular formula is C19H33FN4O2. The van der Waals surface area contributed by atoms with Crippen molar-refractivity contribution in [3.8, 4) is 5.75 Å². The smallest absolute Gasteiger partial charge is 0.191 e. The summed E-state index contributed by atoms with van der Waals surface area (Å²) in [6, 6.07) is 6.02. The van der Waals surface area contributed by atoms with Gasteiger partial charge in [-0.15, -0.1) is 0 Å². The van der Waals surface area contributed by atoms with Crippen LogP contribution in [0.3, 0.4) is 0 Å². The van der Waals surface area contributed by atoms with Crippen LogP contribution >= 0.6 is 0 Å². The average molecular weight is 368 g/mol. The first kappa shape index (κ1) is 22.2. The number of halogens is 1. The van der Waals surface area contributed by atoms with Gasteiger partial charge < -0.3 is 25.0 Å². The molecule has 0 saturated heterocycles. The summed E-state index contributed by atoms with van der Waals surface area (Å²) in [5, 5.41) is 6.53. The minimum Gasteiger partial charge on any atom is -0.489 e. The predicted octanol–water partition coefficient (Wildman–Crippen LogP) is 2.11. The number of aliphatic imine (C=N–C) groups is 1. The second kappa shape index (κ2) is 12.5. The standard InChI is InChI=1S/C19H33FN4O2/c1-6-25-18(11-12-24(4)5)14-23-19(21-3)22-13-15(2)26-17-9-7-16(20)8-10-17/h7-10,15,18H,6,11-14H2,1-5H3,(H2,21,22,23). The maximum absolute atomic E-state index is 12.9. The van der Waals surface area contributed by atoms with Gasteiger partial charge >= 0.3 is 0 Å². The van der Waals surface area contributed by atoms with E-state index >= 15 is 0 Å². The second-order valence-corrected chi connectivity index (χ2v) is 6.39. The Morgan fingerprint density at radius 3 is 2.42 bits per heavy atom. The zero-order valence-corrected chi connectivity index (χ0v) is 16.6. The summed E-state index contributed by atoms with van der Waals surface area (Å²) in [4.78, 5) is 6.38. The molecule has 26 heavy (non-hydrogen) atoms. The van der Waals surface area contributed by atoms with Gasteiger partial charge in [0.1, 0.15) is 17.7 Å². The molecule has 0 bridgehead atoms. The van der Waals surface area contributed by atoms with E-state index in [0.29, 0.717) is 31.4 Å². The maximum atomic E-state index is 12.9. The van der Waals surface area contributed by atoms with Crippen LogP contribution < -0.4 is 15.4 Å². The molecule has 0 amide bonds. The Labute approximate surface area is 156 Å². The molecule has 0 aliphatic rings. The van der Waals surface area contributed by atoms with Gasteiger partial charge in [-0.05, 0) is 58.6 Å². The Bertz CT molecular complexity index is 523. The summed E-state index contributed by atoms with van der Waals surface area (Å²) < 4.78 is 24.4. The van der Waals surface area contributed by atoms with Crippen molar-refractivity contribution in [2.75, 3.05) is 47.4 Å². The molecule has 2 atom stereocenters. The second-order valence-electron chi connectivity index (χ2n) is 6.39. The molecule has 0 heterocycles. The van der Waals surface area contributed by atoms with E-state index in [-0.39, 0.29) is 18.0 Å². The molecule has 1 aromatic rings. The summed E-state index contributed by atoms with van der Waals surface area (Å²) in [5.74, 6) is 1.07. The summed E-state index contributed by atoms with van der Waals surface area (Å²) >= 11 is 0. The molecule has 7 heteroatoms. The third-order valence-electron chi connectivity index (χ3n) is 3.73. The molecule has 0 aliphatic carbocycles. The van der Waals surface area contributed by atoms with E-state index in [9.17, 15) is 4.39 Å². The van der Waals surface area contributed by atoms with Crippen LogP contribution in [0.25, 0.3) is 0 Å². The van der Waals surface area contributed by atoms with Gasteiger partial charge in [-0.25, -0.2) is 4.39 Å². The zero-order chi connectivity index (χ0) is 19.4. The fourth-order valence-electron chi connectivity index (χ4n) is 2.34. The molecule has 0 saturated carbocycles. The molecule has 0 radical (unpaired) electrons. The normalized spacial score (nSPS) is 14.2. The van der Waals surface area contributed by atoms with Crippen molar-refractivity contribution in [2.45, 2.75) is 32.5 Å². The fraction of sp³-hybridized carbons (Fsp3) is 0.632. The van der Waals surface area contributed by atoms with Gasteiger partial charge in [0.25, 0.3) is 0 Å². The van der Waals surface area contributed by atoms with Crippen LogP contribution in [0.5, 0.6) is 5.75 Å². The van der Waals surface area contributed by atoms with Crippen LogP contribution in [-0.2, 0) is 4.74 Å². The number of benzene rings is 1. The van der Waals surface area contributed by atoms with Gasteiger partial charge in [0.05, 0.1) is 12.6 Å². The fourth-order valence-corrected chi connectivity index (χ4v) is 2.34. The van der Waals surface area contributed by atoms with Crippen LogP contribution in [0.15, 0.2) is 29.3 Å². The highest BCUT2D eigenvalue weighted by molar-refractivity contribution is 5.79. The average Bonchev–Trinajstić information content (AvgIpc) is 2.61. The highest BCUT2D eigenvalue weighted by Crippen LogP contribution is 2.12. The number of hydrogen-bond donors (Lipinski definition) is 2. The van der Waals surface area contributed by atoms with Crippen molar-refractivity contribution in [3.63, 3.8) is 0 Å². The van der Waals surface area contributed by atoms with Crippen LogP contribution in [0, 0.1) is 5.82 Å². The lowest BCUT2D eigenvalue weighted by molar-refractivity contribution is 0.0548. The lowest BCUT2D eigenvalue weighted by atomic mass is 10.2. The number of ether oxygens (including phenoxy) is 2. The highest BCUT2D eigenvalue weighted by Gasteiger charge is 2.11. The lowest BCUT2D eigenvalue weighted by Gasteiger charge is -2.22. The molecule has 0 aromatic heterocycles. The molecule has 6 nitrogen and oxygen atoms in total. The van der Waals surface area contributed by atoms with E-state index in [0.717, 1.165) is 13.0 Å². The van der Waals surface area contributed by atoms with E-state index in [1.807, 2.05) is 13.8 Å². The van der Waals surface area contributed by atoms with Crippen LogP contribution in [0.2, 0.25) is 0 Å². The monoisotopic (exact) mass is 368 g/mol. The first-order valence-electron chi connectivity index (χ1n) is 9.07. The Hall–Kier alpha value is -1.86. The maximum Gasteiger partial charge on any atom is 0.191 e. The molecule has 0 spiro atoms. The van der Waals surface area contributed by atoms with Crippen molar-refractivity contribution in [1.82, 2.24) is 15.5 Å². The predicted molar refractivity (Wildman–Crippen MR) is 104 cm³/mol. The Morgan fingerprint density at radius 1 is 1.19 bits per heavy atom. The van der Waals surface area contributed by atoms with Crippen molar-refractivity contribution < 1.29 is 13.9 Å². The summed E-state index contributed by atoms with van der Waals surface area (Å²) in [6.07, 6.45) is 0.999. The highest BCUT2D eigenvalue weighted by atomic mass is 19.1. The molecule has 148 valence electrons. The van der Waals surface area contributed by atoms with Gasteiger partial charge in [-0.2, -0.15) is 0 Å². The minimum absolute atomic E-state index is 0.0876. The largest absolute Gasteiger partial charge is 0.489 e. The third-order valence-corrected chi connectivity index (χ3v) is 3.73. The molecular weight excluding hydrogens is 335 g/mol. The van der Waals surface area contributed by atoms with E-state index in [1.165, 1.54) is 12.1 Å². The number of nitrogens with zero attached hydrogens (tertiary/aromatic N) is 2. The Morgan fingerprint density at radius 2 is 1.85 bits per heavy atom. The van der Waals surface area contributed by atoms with Crippen LogP contribution in [-0.4, -0.2) is 70.5 Å². The number of guanidine groups is 1. The van der Waals surface area contributed by atoms with E-state index in [4.69, 9.17) is 9.47 Å². The van der Waals surface area contributed by atoms with Gasteiger partial charge in [-0.1, -0.05) is 0 Å². The van der Waals surface area contributed by atoms with Gasteiger partial charge in [0.2, 0.25) is 0 Å². The quantitative estimate of drug-likeness (QED) is 0.463. The molecule has 1 rings (SSSR count). The minimum atomic E-state index is -0.272. The molecule has 2 N–H and O–H groups in total. The van der Waals surface area contributed by atoms with Crippen LogP contribution in [0.4, 0.5) is 4.39 Å². The van der Waals surface area contributed by atoms with Crippen molar-refractivity contribution in [3.05, 3.63) is 30.1 Å².